The first-order valence-electron chi connectivity index (χ1n) is 6.23. The molecule has 0 radical (unpaired) electrons. The van der Waals surface area contributed by atoms with Gasteiger partial charge in [0.1, 0.15) is 16.9 Å². The third-order valence-electron chi connectivity index (χ3n) is 2.96. The average Bonchev–Trinajstić information content (AvgIpc) is 2.46. The molecule has 106 valence electrons. The zero-order valence-corrected chi connectivity index (χ0v) is 12.5. The van der Waals surface area contributed by atoms with Crippen LogP contribution in [0.1, 0.15) is 24.8 Å². The number of hydrogen-bond acceptors (Lipinski definition) is 3. The van der Waals surface area contributed by atoms with Crippen molar-refractivity contribution in [1.82, 2.24) is 4.90 Å². The van der Waals surface area contributed by atoms with Gasteiger partial charge in [-0.3, -0.25) is 4.79 Å². The molecule has 1 unspecified atom stereocenters. The number of alkyl halides is 1. The molecule has 0 saturated carbocycles. The molecule has 1 aromatic carbocycles. The Morgan fingerprint density at radius 1 is 1.16 bits per heavy atom. The number of hydrogen-bond donors (Lipinski definition) is 0. The molecule has 1 amide bonds. The highest BCUT2D eigenvalue weighted by Crippen LogP contribution is 2.30. The van der Waals surface area contributed by atoms with E-state index in [9.17, 15) is 4.79 Å². The minimum Gasteiger partial charge on any atom is -0.497 e. The summed E-state index contributed by atoms with van der Waals surface area (Å²) >= 11 is 6.26. The molecule has 0 N–H and O–H groups in total. The summed E-state index contributed by atoms with van der Waals surface area (Å²) in [5.74, 6) is 1.13. The van der Waals surface area contributed by atoms with Gasteiger partial charge < -0.3 is 14.4 Å². The van der Waals surface area contributed by atoms with Gasteiger partial charge in [-0.25, -0.2) is 0 Å². The number of benzene rings is 1. The summed E-state index contributed by atoms with van der Waals surface area (Å²) in [6.07, 6.45) is 0. The second kappa shape index (κ2) is 7.24. The van der Waals surface area contributed by atoms with Gasteiger partial charge in [-0.15, -0.1) is 11.6 Å². The highest BCUT2D eigenvalue weighted by atomic mass is 35.5. The number of carbonyl (C=O) groups excluding carboxylic acids is 1. The van der Waals surface area contributed by atoms with Crippen molar-refractivity contribution in [3.8, 4) is 11.5 Å². The van der Waals surface area contributed by atoms with Crippen LogP contribution in [0.5, 0.6) is 11.5 Å². The highest BCUT2D eigenvalue weighted by Gasteiger charge is 2.23. The molecular formula is C14H20ClNO3. The quantitative estimate of drug-likeness (QED) is 0.755. The molecule has 4 nitrogen and oxygen atoms in total. The van der Waals surface area contributed by atoms with Crippen LogP contribution in [0.25, 0.3) is 0 Å². The van der Waals surface area contributed by atoms with E-state index in [1.165, 1.54) is 0 Å². The summed E-state index contributed by atoms with van der Waals surface area (Å²) in [5, 5.41) is -0.733. The first-order valence-corrected chi connectivity index (χ1v) is 6.66. The van der Waals surface area contributed by atoms with Gasteiger partial charge in [0.25, 0.3) is 0 Å². The van der Waals surface area contributed by atoms with E-state index < -0.39 is 5.38 Å². The van der Waals surface area contributed by atoms with Crippen LogP contribution in [0.4, 0.5) is 0 Å². The molecule has 0 spiro atoms. The van der Waals surface area contributed by atoms with E-state index in [2.05, 4.69) is 0 Å². The maximum absolute atomic E-state index is 12.2. The number of methoxy groups -OCH3 is 2. The lowest BCUT2D eigenvalue weighted by Crippen LogP contribution is -2.33. The van der Waals surface area contributed by atoms with Gasteiger partial charge in [0.15, 0.2) is 0 Å². The fourth-order valence-corrected chi connectivity index (χ4v) is 2.08. The van der Waals surface area contributed by atoms with E-state index in [0.717, 1.165) is 0 Å². The molecule has 0 fully saturated rings. The Bertz CT molecular complexity index is 410. The first kappa shape index (κ1) is 15.6. The normalized spacial score (nSPS) is 11.8. The van der Waals surface area contributed by atoms with E-state index in [0.29, 0.717) is 30.2 Å². The van der Waals surface area contributed by atoms with Crippen LogP contribution in [0.15, 0.2) is 18.2 Å². The Balaban J connectivity index is 3.04. The molecule has 5 heteroatoms. The summed E-state index contributed by atoms with van der Waals surface area (Å²) in [6, 6.07) is 5.25. The van der Waals surface area contributed by atoms with Crippen molar-refractivity contribution < 1.29 is 14.3 Å². The molecule has 19 heavy (non-hydrogen) atoms. The molecule has 0 aromatic heterocycles. The van der Waals surface area contributed by atoms with E-state index in [4.69, 9.17) is 21.1 Å². The predicted octanol–water partition coefficient (Wildman–Crippen LogP) is 2.85. The topological polar surface area (TPSA) is 38.8 Å². The summed E-state index contributed by atoms with van der Waals surface area (Å²) in [4.78, 5) is 13.9. The maximum Gasteiger partial charge on any atom is 0.245 e. The molecular weight excluding hydrogens is 266 g/mol. The van der Waals surface area contributed by atoms with Gasteiger partial charge in [-0.1, -0.05) is 0 Å². The van der Waals surface area contributed by atoms with Gasteiger partial charge in [0.05, 0.1) is 14.2 Å². The zero-order chi connectivity index (χ0) is 14.4. The number of nitrogens with zero attached hydrogens (tertiary/aromatic N) is 1. The Morgan fingerprint density at radius 2 is 1.63 bits per heavy atom. The van der Waals surface area contributed by atoms with Crippen molar-refractivity contribution in [2.75, 3.05) is 27.3 Å². The lowest BCUT2D eigenvalue weighted by atomic mass is 10.1. The minimum absolute atomic E-state index is 0.109. The Kier molecular flexibility index (Phi) is 5.96. The molecule has 0 bridgehead atoms. The number of ether oxygens (including phenoxy) is 2. The monoisotopic (exact) mass is 285 g/mol. The molecule has 1 atom stereocenters. The van der Waals surface area contributed by atoms with Crippen molar-refractivity contribution in [1.29, 1.82) is 0 Å². The smallest absolute Gasteiger partial charge is 0.245 e. The largest absolute Gasteiger partial charge is 0.497 e. The fourth-order valence-electron chi connectivity index (χ4n) is 1.81. The SMILES string of the molecule is CCN(CC)C(=O)C(Cl)c1cc(OC)cc(OC)c1. The summed E-state index contributed by atoms with van der Waals surface area (Å²) in [7, 11) is 3.13. The molecule has 1 aromatic rings. The van der Waals surface area contributed by atoms with E-state index in [-0.39, 0.29) is 5.91 Å². The van der Waals surface area contributed by atoms with Gasteiger partial charge in [-0.2, -0.15) is 0 Å². The number of likely N-dealkylation sites (N-methyl/N-ethyl adjacent to an activating group) is 1. The van der Waals surface area contributed by atoms with Crippen molar-refractivity contribution in [2.45, 2.75) is 19.2 Å². The first-order chi connectivity index (χ1) is 9.07. The van der Waals surface area contributed by atoms with Crippen LogP contribution >= 0.6 is 11.6 Å². The van der Waals surface area contributed by atoms with Crippen LogP contribution in [-0.2, 0) is 4.79 Å². The Hall–Kier alpha value is -1.42. The van der Waals surface area contributed by atoms with Crippen LogP contribution in [0.3, 0.4) is 0 Å². The average molecular weight is 286 g/mol. The second-order valence-electron chi connectivity index (χ2n) is 4.02. The van der Waals surface area contributed by atoms with Gasteiger partial charge in [-0.05, 0) is 31.5 Å². The lowest BCUT2D eigenvalue weighted by Gasteiger charge is -2.22. The van der Waals surface area contributed by atoms with E-state index in [1.807, 2.05) is 13.8 Å². The number of halogens is 1. The predicted molar refractivity (Wildman–Crippen MR) is 76.1 cm³/mol. The number of carbonyl (C=O) groups is 1. The van der Waals surface area contributed by atoms with Gasteiger partial charge >= 0.3 is 0 Å². The third-order valence-corrected chi connectivity index (χ3v) is 3.40. The van der Waals surface area contributed by atoms with Gasteiger partial charge in [0, 0.05) is 19.2 Å². The summed E-state index contributed by atoms with van der Waals surface area (Å²) < 4.78 is 10.4. The highest BCUT2D eigenvalue weighted by molar-refractivity contribution is 6.30. The maximum atomic E-state index is 12.2. The van der Waals surface area contributed by atoms with Crippen molar-refractivity contribution in [2.24, 2.45) is 0 Å². The summed E-state index contributed by atoms with van der Waals surface area (Å²) in [6.45, 7) is 5.13. The molecule has 0 heterocycles. The van der Waals surface area contributed by atoms with Crippen molar-refractivity contribution in [3.05, 3.63) is 23.8 Å². The van der Waals surface area contributed by atoms with Crippen molar-refractivity contribution in [3.63, 3.8) is 0 Å². The molecule has 0 aliphatic heterocycles. The number of rotatable bonds is 6. The number of amides is 1. The van der Waals surface area contributed by atoms with Crippen molar-refractivity contribution >= 4 is 17.5 Å². The zero-order valence-electron chi connectivity index (χ0n) is 11.8. The molecule has 0 saturated heterocycles. The lowest BCUT2D eigenvalue weighted by molar-refractivity contribution is -0.130. The Morgan fingerprint density at radius 3 is 2.00 bits per heavy atom. The Labute approximate surface area is 119 Å². The second-order valence-corrected chi connectivity index (χ2v) is 4.46. The summed E-state index contributed by atoms with van der Waals surface area (Å²) in [5.41, 5.74) is 0.676. The van der Waals surface area contributed by atoms with Crippen LogP contribution in [0, 0.1) is 0 Å². The fraction of sp³-hybridized carbons (Fsp3) is 0.500. The van der Waals surface area contributed by atoms with Crippen LogP contribution in [0.2, 0.25) is 0 Å². The van der Waals surface area contributed by atoms with Gasteiger partial charge in [0.2, 0.25) is 5.91 Å². The molecule has 1 rings (SSSR count). The van der Waals surface area contributed by atoms with Crippen LogP contribution in [-0.4, -0.2) is 38.1 Å². The van der Waals surface area contributed by atoms with E-state index >= 15 is 0 Å². The van der Waals surface area contributed by atoms with E-state index in [1.54, 1.807) is 37.3 Å². The molecule has 0 aliphatic carbocycles. The molecule has 0 aliphatic rings. The third kappa shape index (κ3) is 3.77. The standard InChI is InChI=1S/C14H20ClNO3/c1-5-16(6-2)14(17)13(15)10-7-11(18-3)9-12(8-10)19-4/h7-9,13H,5-6H2,1-4H3. The van der Waals surface area contributed by atoms with Crippen LogP contribution < -0.4 is 9.47 Å². The minimum atomic E-state index is -0.733.